The van der Waals surface area contributed by atoms with Crippen molar-refractivity contribution in [3.63, 3.8) is 0 Å². The van der Waals surface area contributed by atoms with Crippen molar-refractivity contribution in [1.29, 1.82) is 0 Å². The molecule has 1 rings (SSSR count). The zero-order valence-corrected chi connectivity index (χ0v) is 11.2. The molecule has 0 aromatic heterocycles. The van der Waals surface area contributed by atoms with Gasteiger partial charge in [-0.3, -0.25) is 14.9 Å². The summed E-state index contributed by atoms with van der Waals surface area (Å²) in [7, 11) is 1.19. The van der Waals surface area contributed by atoms with Gasteiger partial charge in [0.15, 0.2) is 0 Å². The van der Waals surface area contributed by atoms with Crippen LogP contribution >= 0.6 is 23.4 Å². The van der Waals surface area contributed by atoms with E-state index < -0.39 is 22.5 Å². The van der Waals surface area contributed by atoms with E-state index in [1.54, 1.807) is 0 Å². The minimum absolute atomic E-state index is 0.0881. The quantitative estimate of drug-likeness (QED) is 0.384. The predicted octanol–water partition coefficient (Wildman–Crippen LogP) is 2.21. The lowest BCUT2D eigenvalue weighted by molar-refractivity contribution is -0.384. The monoisotopic (exact) mass is 305 g/mol. The van der Waals surface area contributed by atoms with Crippen LogP contribution in [0, 0.1) is 10.1 Å². The number of carbonyl (C=O) groups excluding carboxylic acids is 1. The molecule has 0 saturated heterocycles. The number of carbonyl (C=O) groups is 2. The van der Waals surface area contributed by atoms with Crippen LogP contribution in [0.4, 0.5) is 5.69 Å². The van der Waals surface area contributed by atoms with Gasteiger partial charge in [-0.25, -0.2) is 4.79 Å². The number of rotatable bonds is 5. The van der Waals surface area contributed by atoms with Crippen LogP contribution < -0.4 is 0 Å². The lowest BCUT2D eigenvalue weighted by atomic mass is 10.2. The minimum Gasteiger partial charge on any atom is -0.478 e. The fourth-order valence-electron chi connectivity index (χ4n) is 1.18. The first-order valence-corrected chi connectivity index (χ1v) is 6.14. The average Bonchev–Trinajstić information content (AvgIpc) is 2.35. The van der Waals surface area contributed by atoms with Crippen molar-refractivity contribution in [2.24, 2.45) is 0 Å². The van der Waals surface area contributed by atoms with E-state index in [1.165, 1.54) is 7.11 Å². The minimum atomic E-state index is -1.36. The van der Waals surface area contributed by atoms with Crippen LogP contribution in [0.25, 0.3) is 0 Å². The molecule has 7 nitrogen and oxygen atoms in total. The van der Waals surface area contributed by atoms with Crippen LogP contribution in [-0.4, -0.2) is 34.8 Å². The summed E-state index contributed by atoms with van der Waals surface area (Å²) in [5.41, 5.74) is -0.752. The highest BCUT2D eigenvalue weighted by Crippen LogP contribution is 2.34. The fraction of sp³-hybridized carbons (Fsp3) is 0.200. The Balaban J connectivity index is 3.18. The molecule has 1 N–H and O–H groups in total. The van der Waals surface area contributed by atoms with Crippen LogP contribution in [0.2, 0.25) is 5.02 Å². The van der Waals surface area contributed by atoms with Crippen LogP contribution in [-0.2, 0) is 9.53 Å². The summed E-state index contributed by atoms with van der Waals surface area (Å²) in [5, 5.41) is 19.5. The van der Waals surface area contributed by atoms with Gasteiger partial charge >= 0.3 is 11.9 Å². The molecule has 0 radical (unpaired) electrons. The summed E-state index contributed by atoms with van der Waals surface area (Å²) < 4.78 is 4.42. The van der Waals surface area contributed by atoms with Crippen molar-refractivity contribution in [3.8, 4) is 0 Å². The molecule has 0 spiro atoms. The summed E-state index contributed by atoms with van der Waals surface area (Å²) in [6, 6.07) is 1.93. The zero-order chi connectivity index (χ0) is 14.6. The van der Waals surface area contributed by atoms with Gasteiger partial charge in [-0.1, -0.05) is 11.6 Å². The van der Waals surface area contributed by atoms with E-state index in [9.17, 15) is 19.7 Å². The molecular weight excluding hydrogens is 298 g/mol. The first kappa shape index (κ1) is 15.3. The van der Waals surface area contributed by atoms with E-state index in [0.29, 0.717) is 0 Å². The smallest absolute Gasteiger partial charge is 0.337 e. The average molecular weight is 306 g/mol. The fourth-order valence-corrected chi connectivity index (χ4v) is 2.44. The van der Waals surface area contributed by atoms with Crippen LogP contribution in [0.3, 0.4) is 0 Å². The molecule has 1 aromatic rings. The van der Waals surface area contributed by atoms with E-state index in [1.807, 2.05) is 0 Å². The van der Waals surface area contributed by atoms with Crippen LogP contribution in [0.1, 0.15) is 10.4 Å². The molecule has 0 saturated carbocycles. The van der Waals surface area contributed by atoms with E-state index >= 15 is 0 Å². The van der Waals surface area contributed by atoms with Gasteiger partial charge in [-0.15, -0.1) is 11.8 Å². The van der Waals surface area contributed by atoms with Gasteiger partial charge in [-0.05, 0) is 0 Å². The van der Waals surface area contributed by atoms with Crippen molar-refractivity contribution in [3.05, 3.63) is 32.8 Å². The maximum absolute atomic E-state index is 11.1. The molecule has 19 heavy (non-hydrogen) atoms. The van der Waals surface area contributed by atoms with Gasteiger partial charge in [0.25, 0.3) is 5.69 Å². The Hall–Kier alpha value is -1.80. The number of nitro benzene ring substituents is 1. The normalized spacial score (nSPS) is 10.0. The maximum atomic E-state index is 11.1. The van der Waals surface area contributed by atoms with Crippen molar-refractivity contribution >= 4 is 41.0 Å². The molecule has 1 aromatic carbocycles. The second kappa shape index (κ2) is 6.39. The molecule has 102 valence electrons. The summed E-state index contributed by atoms with van der Waals surface area (Å²) >= 11 is 6.65. The number of esters is 1. The summed E-state index contributed by atoms with van der Waals surface area (Å²) in [4.78, 5) is 32.0. The Morgan fingerprint density at radius 3 is 2.63 bits per heavy atom. The number of hydrogen-bond acceptors (Lipinski definition) is 6. The molecule has 0 aliphatic carbocycles. The predicted molar refractivity (Wildman–Crippen MR) is 67.8 cm³/mol. The molecule has 0 heterocycles. The second-order valence-electron chi connectivity index (χ2n) is 3.23. The molecular formula is C10H8ClNO6S. The number of aromatic carboxylic acids is 1. The van der Waals surface area contributed by atoms with Crippen molar-refractivity contribution < 1.29 is 24.4 Å². The highest BCUT2D eigenvalue weighted by atomic mass is 35.5. The highest BCUT2D eigenvalue weighted by Gasteiger charge is 2.21. The molecule has 0 fully saturated rings. The zero-order valence-electron chi connectivity index (χ0n) is 9.58. The van der Waals surface area contributed by atoms with E-state index in [-0.39, 0.29) is 21.2 Å². The third-order valence-corrected chi connectivity index (χ3v) is 3.55. The number of methoxy groups -OCH3 is 1. The number of carboxylic acids is 1. The number of thioether (sulfide) groups is 1. The molecule has 0 aliphatic heterocycles. The number of ether oxygens (including phenoxy) is 1. The van der Waals surface area contributed by atoms with Gasteiger partial charge in [0.05, 0.1) is 28.4 Å². The molecule has 0 bridgehead atoms. The van der Waals surface area contributed by atoms with Gasteiger partial charge in [-0.2, -0.15) is 0 Å². The largest absolute Gasteiger partial charge is 0.478 e. The topological polar surface area (TPSA) is 107 Å². The summed E-state index contributed by atoms with van der Waals surface area (Å²) in [5.74, 6) is -2.07. The first-order chi connectivity index (χ1) is 8.86. The standard InChI is InChI=1S/C10H8ClNO6S/c1-18-8(13)4-19-9-6(10(14)15)2-5(12(16)17)3-7(9)11/h2-3H,4H2,1H3,(H,14,15). The van der Waals surface area contributed by atoms with Crippen LogP contribution in [0.5, 0.6) is 0 Å². The molecule has 0 unspecified atom stereocenters. The summed E-state index contributed by atoms with van der Waals surface area (Å²) in [6.45, 7) is 0. The third kappa shape index (κ3) is 3.83. The Morgan fingerprint density at radius 2 is 2.16 bits per heavy atom. The number of halogens is 1. The van der Waals surface area contributed by atoms with Gasteiger partial charge in [0.1, 0.15) is 0 Å². The van der Waals surface area contributed by atoms with Gasteiger partial charge < -0.3 is 9.84 Å². The molecule has 0 aliphatic rings. The van der Waals surface area contributed by atoms with Crippen LogP contribution in [0.15, 0.2) is 17.0 Å². The van der Waals surface area contributed by atoms with Crippen molar-refractivity contribution in [2.75, 3.05) is 12.9 Å². The number of nitro groups is 1. The highest BCUT2D eigenvalue weighted by molar-refractivity contribution is 8.00. The maximum Gasteiger partial charge on any atom is 0.337 e. The number of carboxylic acid groups (broad SMARTS) is 1. The number of nitrogens with zero attached hydrogens (tertiary/aromatic N) is 1. The molecule has 0 atom stereocenters. The Kier molecular flexibility index (Phi) is 5.13. The number of non-ortho nitro benzene ring substituents is 1. The third-order valence-electron chi connectivity index (χ3n) is 2.03. The Labute approximate surface area is 116 Å². The molecule has 0 amide bonds. The van der Waals surface area contributed by atoms with Gasteiger partial charge in [0, 0.05) is 17.0 Å². The number of benzene rings is 1. The lowest BCUT2D eigenvalue weighted by Gasteiger charge is -2.07. The Bertz CT molecular complexity index is 547. The Morgan fingerprint density at radius 1 is 1.53 bits per heavy atom. The van der Waals surface area contributed by atoms with Crippen molar-refractivity contribution in [2.45, 2.75) is 4.90 Å². The van der Waals surface area contributed by atoms with E-state index in [0.717, 1.165) is 23.9 Å². The SMILES string of the molecule is COC(=O)CSc1c(Cl)cc([N+](=O)[O-])cc1C(=O)O. The van der Waals surface area contributed by atoms with E-state index in [4.69, 9.17) is 16.7 Å². The molecule has 9 heteroatoms. The van der Waals surface area contributed by atoms with Gasteiger partial charge in [0.2, 0.25) is 0 Å². The lowest BCUT2D eigenvalue weighted by Crippen LogP contribution is -2.06. The summed E-state index contributed by atoms with van der Waals surface area (Å²) in [6.07, 6.45) is 0. The first-order valence-electron chi connectivity index (χ1n) is 4.77. The van der Waals surface area contributed by atoms with Crippen molar-refractivity contribution in [1.82, 2.24) is 0 Å². The van der Waals surface area contributed by atoms with E-state index in [2.05, 4.69) is 4.74 Å². The number of hydrogen-bond donors (Lipinski definition) is 1. The second-order valence-corrected chi connectivity index (χ2v) is 4.62.